The third kappa shape index (κ3) is 6.65. The largest absolute Gasteiger partial charge is 0.371 e. The fraction of sp³-hybridized carbons (Fsp3) is 0.345. The number of rotatable bonds is 8. The molecule has 0 aliphatic carbocycles. The first-order chi connectivity index (χ1) is 17.6. The van der Waals surface area contributed by atoms with Crippen LogP contribution in [0, 0.1) is 19.8 Å². The minimum atomic E-state index is -3.99. The maximum absolute atomic E-state index is 13.6. The van der Waals surface area contributed by atoms with Gasteiger partial charge in [0.05, 0.1) is 10.6 Å². The molecule has 1 atom stereocenters. The van der Waals surface area contributed by atoms with Crippen LogP contribution in [0.15, 0.2) is 71.6 Å². The van der Waals surface area contributed by atoms with Gasteiger partial charge in [-0.15, -0.1) is 0 Å². The summed E-state index contributed by atoms with van der Waals surface area (Å²) in [5.74, 6) is 0.307. The van der Waals surface area contributed by atoms with Crippen LogP contribution in [0.3, 0.4) is 0 Å². The topological polar surface area (TPSA) is 69.7 Å². The maximum Gasteiger partial charge on any atom is 0.264 e. The molecule has 6 nitrogen and oxygen atoms in total. The summed E-state index contributed by atoms with van der Waals surface area (Å²) >= 11 is 5.97. The Hall–Kier alpha value is -3.03. The highest BCUT2D eigenvalue weighted by molar-refractivity contribution is 7.92. The Morgan fingerprint density at radius 3 is 2.38 bits per heavy atom. The first-order valence-corrected chi connectivity index (χ1v) is 14.4. The minimum Gasteiger partial charge on any atom is -0.371 e. The molecule has 3 aromatic carbocycles. The van der Waals surface area contributed by atoms with Crippen LogP contribution in [0.4, 0.5) is 11.4 Å². The van der Waals surface area contributed by atoms with Crippen molar-refractivity contribution in [2.45, 2.75) is 45.1 Å². The predicted molar refractivity (Wildman–Crippen MR) is 151 cm³/mol. The summed E-state index contributed by atoms with van der Waals surface area (Å²) in [6.45, 7) is 8.27. The number of hydrogen-bond donors (Lipinski definition) is 1. The van der Waals surface area contributed by atoms with Crippen LogP contribution >= 0.6 is 11.6 Å². The number of amides is 1. The Morgan fingerprint density at radius 1 is 1.03 bits per heavy atom. The number of carbonyl (C=O) groups excluding carboxylic acids is 1. The van der Waals surface area contributed by atoms with Gasteiger partial charge in [-0.2, -0.15) is 0 Å². The SMILES string of the molecule is Cc1ccc(N(CC(=O)NCc2ccc(N3CCCC(C)C3)cc2)S(=O)(=O)c2ccc(Cl)cc2)cc1C. The Morgan fingerprint density at radius 2 is 1.73 bits per heavy atom. The van der Waals surface area contributed by atoms with Gasteiger partial charge >= 0.3 is 0 Å². The molecule has 1 N–H and O–H groups in total. The summed E-state index contributed by atoms with van der Waals surface area (Å²) in [7, 11) is -3.99. The standard InChI is InChI=1S/C29H34ClN3O3S/c1-21-5-4-16-32(19-21)26-12-7-24(8-13-26)18-31-29(34)20-33(27-11-6-22(2)23(3)17-27)37(35,36)28-14-9-25(30)10-15-28/h6-15,17,21H,4-5,16,18-20H2,1-3H3,(H,31,34). The van der Waals surface area contributed by atoms with Gasteiger partial charge in [-0.1, -0.05) is 36.7 Å². The number of aryl methyl sites for hydroxylation is 2. The molecule has 1 saturated heterocycles. The molecule has 1 fully saturated rings. The van der Waals surface area contributed by atoms with Gasteiger partial charge in [-0.05, 0) is 97.8 Å². The normalized spacial score (nSPS) is 15.9. The molecule has 0 bridgehead atoms. The van der Waals surface area contributed by atoms with E-state index in [1.54, 1.807) is 12.1 Å². The average molecular weight is 540 g/mol. The molecule has 37 heavy (non-hydrogen) atoms. The van der Waals surface area contributed by atoms with Gasteiger partial charge in [0.15, 0.2) is 0 Å². The summed E-state index contributed by atoms with van der Waals surface area (Å²) in [5.41, 5.74) is 4.57. The van der Waals surface area contributed by atoms with Crippen molar-refractivity contribution in [3.05, 3.63) is 88.4 Å². The Bertz CT molecular complexity index is 1340. The summed E-state index contributed by atoms with van der Waals surface area (Å²) < 4.78 is 28.3. The second-order valence-corrected chi connectivity index (χ2v) is 12.2. The number of halogens is 1. The number of sulfonamides is 1. The van der Waals surface area contributed by atoms with Crippen molar-refractivity contribution in [3.63, 3.8) is 0 Å². The van der Waals surface area contributed by atoms with Crippen LogP contribution < -0.4 is 14.5 Å². The highest BCUT2D eigenvalue weighted by atomic mass is 35.5. The fourth-order valence-electron chi connectivity index (χ4n) is 4.57. The van der Waals surface area contributed by atoms with Gasteiger partial charge in [0.1, 0.15) is 6.54 Å². The summed E-state index contributed by atoms with van der Waals surface area (Å²) in [5, 5.41) is 3.32. The van der Waals surface area contributed by atoms with E-state index in [1.807, 2.05) is 32.0 Å². The monoisotopic (exact) mass is 539 g/mol. The van der Waals surface area contributed by atoms with E-state index in [4.69, 9.17) is 11.6 Å². The van der Waals surface area contributed by atoms with Crippen LogP contribution in [0.2, 0.25) is 5.02 Å². The summed E-state index contributed by atoms with van der Waals surface area (Å²) in [6, 6.07) is 19.5. The molecule has 8 heteroatoms. The first-order valence-electron chi connectivity index (χ1n) is 12.6. The van der Waals surface area contributed by atoms with Crippen LogP contribution in [-0.4, -0.2) is 34.0 Å². The van der Waals surface area contributed by atoms with E-state index in [2.05, 4.69) is 29.3 Å². The molecule has 4 rings (SSSR count). The van der Waals surface area contributed by atoms with Gasteiger partial charge in [0.2, 0.25) is 5.91 Å². The van der Waals surface area contributed by atoms with E-state index in [1.165, 1.54) is 42.8 Å². The third-order valence-corrected chi connectivity index (χ3v) is 8.96. The second kappa shape index (κ2) is 11.6. The predicted octanol–water partition coefficient (Wildman–Crippen LogP) is 5.70. The van der Waals surface area contributed by atoms with E-state index in [0.717, 1.165) is 34.1 Å². The van der Waals surface area contributed by atoms with Crippen LogP contribution in [0.25, 0.3) is 0 Å². The van der Waals surface area contributed by atoms with Gasteiger partial charge in [-0.3, -0.25) is 9.10 Å². The molecule has 1 unspecified atom stereocenters. The van der Waals surface area contributed by atoms with E-state index in [0.29, 0.717) is 23.2 Å². The van der Waals surface area contributed by atoms with Crippen LogP contribution in [0.1, 0.15) is 36.5 Å². The molecule has 196 valence electrons. The number of nitrogens with one attached hydrogen (secondary N) is 1. The molecule has 1 aliphatic rings. The maximum atomic E-state index is 13.6. The quantitative estimate of drug-likeness (QED) is 0.398. The van der Waals surface area contributed by atoms with Crippen molar-refractivity contribution >= 4 is 38.9 Å². The lowest BCUT2D eigenvalue weighted by atomic mass is 9.99. The zero-order valence-electron chi connectivity index (χ0n) is 21.6. The lowest BCUT2D eigenvalue weighted by Crippen LogP contribution is -2.40. The molecular formula is C29H34ClN3O3S. The molecule has 0 radical (unpaired) electrons. The van der Waals surface area contributed by atoms with Crippen molar-refractivity contribution in [2.24, 2.45) is 5.92 Å². The number of benzene rings is 3. The number of piperidine rings is 1. The van der Waals surface area contributed by atoms with Crippen LogP contribution in [-0.2, 0) is 21.4 Å². The third-order valence-electron chi connectivity index (χ3n) is 6.92. The van der Waals surface area contributed by atoms with Gasteiger partial charge in [0, 0.05) is 30.3 Å². The number of hydrogen-bond acceptors (Lipinski definition) is 4. The number of anilines is 2. The van der Waals surface area contributed by atoms with E-state index in [9.17, 15) is 13.2 Å². The lowest BCUT2D eigenvalue weighted by molar-refractivity contribution is -0.119. The van der Waals surface area contributed by atoms with Crippen molar-refractivity contribution in [2.75, 3.05) is 28.8 Å². The first kappa shape index (κ1) is 27.0. The average Bonchev–Trinajstić information content (AvgIpc) is 2.88. The van der Waals surface area contributed by atoms with E-state index < -0.39 is 10.0 Å². The Balaban J connectivity index is 1.48. The molecule has 0 spiro atoms. The number of carbonyl (C=O) groups is 1. The van der Waals surface area contributed by atoms with Crippen molar-refractivity contribution < 1.29 is 13.2 Å². The highest BCUT2D eigenvalue weighted by Crippen LogP contribution is 2.27. The van der Waals surface area contributed by atoms with E-state index >= 15 is 0 Å². The molecular weight excluding hydrogens is 506 g/mol. The number of nitrogens with zero attached hydrogens (tertiary/aromatic N) is 2. The molecule has 0 saturated carbocycles. The van der Waals surface area contributed by atoms with Gasteiger partial charge in [-0.25, -0.2) is 8.42 Å². The minimum absolute atomic E-state index is 0.0746. The molecule has 3 aromatic rings. The van der Waals surface area contributed by atoms with Crippen LogP contribution in [0.5, 0.6) is 0 Å². The van der Waals surface area contributed by atoms with E-state index in [-0.39, 0.29) is 17.3 Å². The smallest absolute Gasteiger partial charge is 0.264 e. The Kier molecular flexibility index (Phi) is 8.45. The van der Waals surface area contributed by atoms with Gasteiger partial charge in [0.25, 0.3) is 10.0 Å². The zero-order chi connectivity index (χ0) is 26.6. The zero-order valence-corrected chi connectivity index (χ0v) is 23.1. The second-order valence-electron chi connectivity index (χ2n) is 9.87. The summed E-state index contributed by atoms with van der Waals surface area (Å²) in [4.78, 5) is 15.5. The molecule has 0 aromatic heterocycles. The lowest BCUT2D eigenvalue weighted by Gasteiger charge is -2.32. The fourth-order valence-corrected chi connectivity index (χ4v) is 6.10. The highest BCUT2D eigenvalue weighted by Gasteiger charge is 2.27. The molecule has 1 aliphatic heterocycles. The molecule has 1 heterocycles. The van der Waals surface area contributed by atoms with Crippen molar-refractivity contribution in [1.29, 1.82) is 0 Å². The molecule has 1 amide bonds. The van der Waals surface area contributed by atoms with Crippen molar-refractivity contribution in [3.8, 4) is 0 Å². The Labute approximate surface area is 225 Å². The summed E-state index contributed by atoms with van der Waals surface area (Å²) in [6.07, 6.45) is 2.47. The van der Waals surface area contributed by atoms with Crippen molar-refractivity contribution in [1.82, 2.24) is 5.32 Å². The van der Waals surface area contributed by atoms with Gasteiger partial charge < -0.3 is 10.2 Å².